The van der Waals surface area contributed by atoms with Crippen LogP contribution in [0.15, 0.2) is 51.8 Å². The van der Waals surface area contributed by atoms with E-state index in [1.165, 1.54) is 18.2 Å². The lowest BCUT2D eigenvalue weighted by atomic mass is 10.2. The third-order valence-corrected chi connectivity index (χ3v) is 5.32. The summed E-state index contributed by atoms with van der Waals surface area (Å²) >= 11 is 9.17. The van der Waals surface area contributed by atoms with Gasteiger partial charge in [0.2, 0.25) is 0 Å². The summed E-state index contributed by atoms with van der Waals surface area (Å²) in [4.78, 5) is 0.128. The van der Waals surface area contributed by atoms with Gasteiger partial charge in [0, 0.05) is 4.47 Å². The molecule has 0 aliphatic rings. The third-order valence-electron chi connectivity index (χ3n) is 2.69. The Morgan fingerprint density at radius 3 is 2.43 bits per heavy atom. The molecule has 0 radical (unpaired) electrons. The van der Waals surface area contributed by atoms with Crippen molar-refractivity contribution in [1.82, 2.24) is 0 Å². The highest BCUT2D eigenvalue weighted by Crippen LogP contribution is 2.26. The van der Waals surface area contributed by atoms with Gasteiger partial charge in [-0.15, -0.1) is 0 Å². The van der Waals surface area contributed by atoms with E-state index in [0.717, 1.165) is 5.56 Å². The maximum atomic E-state index is 12.2. The number of nitrogens with one attached hydrogen (secondary N) is 1. The summed E-state index contributed by atoms with van der Waals surface area (Å²) in [5.41, 5.74) is 1.15. The first kappa shape index (κ1) is 15.8. The Hall–Kier alpha value is -1.55. The van der Waals surface area contributed by atoms with E-state index in [1.807, 2.05) is 6.07 Å². The Morgan fingerprint density at radius 2 is 1.86 bits per heavy atom. The summed E-state index contributed by atoms with van der Waals surface area (Å²) < 4.78 is 27.6. The Balaban J connectivity index is 2.25. The van der Waals surface area contributed by atoms with Crippen molar-refractivity contribution in [3.63, 3.8) is 0 Å². The van der Waals surface area contributed by atoms with Gasteiger partial charge in [-0.3, -0.25) is 4.72 Å². The molecule has 0 aliphatic heterocycles. The van der Waals surface area contributed by atoms with Crippen LogP contribution in [0, 0.1) is 11.3 Å². The second-order valence-electron chi connectivity index (χ2n) is 4.21. The van der Waals surface area contributed by atoms with Crippen LogP contribution in [-0.2, 0) is 16.4 Å². The molecular weight excluding hydrogens is 376 g/mol. The van der Waals surface area contributed by atoms with Crippen LogP contribution in [-0.4, -0.2) is 8.42 Å². The molecule has 0 saturated carbocycles. The Labute approximate surface area is 136 Å². The van der Waals surface area contributed by atoms with E-state index < -0.39 is 10.0 Å². The minimum atomic E-state index is -3.68. The van der Waals surface area contributed by atoms with Gasteiger partial charge in [0.15, 0.2) is 0 Å². The van der Waals surface area contributed by atoms with Crippen LogP contribution in [0.4, 0.5) is 5.69 Å². The van der Waals surface area contributed by atoms with E-state index in [-0.39, 0.29) is 11.3 Å². The number of nitrogens with zero attached hydrogens (tertiary/aromatic N) is 1. The highest BCUT2D eigenvalue weighted by atomic mass is 79.9. The van der Waals surface area contributed by atoms with Crippen LogP contribution < -0.4 is 4.72 Å². The largest absolute Gasteiger partial charge is 0.280 e. The molecule has 21 heavy (non-hydrogen) atoms. The quantitative estimate of drug-likeness (QED) is 0.865. The molecule has 2 rings (SSSR count). The number of hydrogen-bond donors (Lipinski definition) is 1. The number of sulfonamides is 1. The lowest BCUT2D eigenvalue weighted by Gasteiger charge is -2.09. The zero-order valence-corrected chi connectivity index (χ0v) is 13.8. The maximum absolute atomic E-state index is 12.2. The van der Waals surface area contributed by atoms with E-state index >= 15 is 0 Å². The van der Waals surface area contributed by atoms with Crippen LogP contribution in [0.5, 0.6) is 0 Å². The van der Waals surface area contributed by atoms with E-state index in [1.54, 1.807) is 24.3 Å². The summed E-state index contributed by atoms with van der Waals surface area (Å²) in [5, 5.41) is 9.01. The van der Waals surface area contributed by atoms with Gasteiger partial charge in [-0.25, -0.2) is 8.42 Å². The molecule has 0 atom stereocenters. The number of halogens is 2. The van der Waals surface area contributed by atoms with Gasteiger partial charge < -0.3 is 0 Å². The molecule has 7 heteroatoms. The first-order valence-electron chi connectivity index (χ1n) is 5.86. The Bertz CT molecular complexity index is 799. The molecule has 0 aliphatic carbocycles. The predicted molar refractivity (Wildman–Crippen MR) is 85.7 cm³/mol. The van der Waals surface area contributed by atoms with Crippen molar-refractivity contribution in [2.75, 3.05) is 4.72 Å². The van der Waals surface area contributed by atoms with Crippen LogP contribution >= 0.6 is 27.5 Å². The van der Waals surface area contributed by atoms with Gasteiger partial charge in [0.1, 0.15) is 0 Å². The predicted octanol–water partition coefficient (Wildman–Crippen LogP) is 3.97. The van der Waals surface area contributed by atoms with Gasteiger partial charge >= 0.3 is 0 Å². The summed E-state index contributed by atoms with van der Waals surface area (Å²) in [6.07, 6.45) is 0.246. The fraction of sp³-hybridized carbons (Fsp3) is 0.0714. The zero-order chi connectivity index (χ0) is 15.5. The molecule has 0 spiro atoms. The number of benzene rings is 2. The van der Waals surface area contributed by atoms with Crippen molar-refractivity contribution < 1.29 is 8.42 Å². The number of rotatable bonds is 4. The van der Waals surface area contributed by atoms with Crippen LogP contribution in [0.25, 0.3) is 0 Å². The minimum Gasteiger partial charge on any atom is -0.280 e. The van der Waals surface area contributed by atoms with Crippen molar-refractivity contribution in [3.05, 3.63) is 57.5 Å². The van der Waals surface area contributed by atoms with Gasteiger partial charge in [-0.1, -0.05) is 23.7 Å². The Morgan fingerprint density at radius 1 is 1.19 bits per heavy atom. The molecular formula is C14H10BrClN2O2S. The fourth-order valence-corrected chi connectivity index (χ4v) is 3.13. The monoisotopic (exact) mass is 384 g/mol. The van der Waals surface area contributed by atoms with Crippen LogP contribution in [0.2, 0.25) is 5.02 Å². The third kappa shape index (κ3) is 3.97. The summed E-state index contributed by atoms with van der Waals surface area (Å²) in [7, 11) is -3.68. The number of nitriles is 1. The highest BCUT2D eigenvalue weighted by Gasteiger charge is 2.14. The molecule has 108 valence electrons. The van der Waals surface area contributed by atoms with Crippen molar-refractivity contribution in [3.8, 4) is 6.07 Å². The standard InChI is InChI=1S/C14H10BrClN2O2S/c15-13-6-3-11(9-14(13)16)18-21(19,20)12-4-1-10(2-5-12)7-8-17/h1-6,9,18H,7H2. The summed E-state index contributed by atoms with van der Waals surface area (Å²) in [5.74, 6) is 0. The van der Waals surface area contributed by atoms with Gasteiger partial charge in [0.25, 0.3) is 10.0 Å². The van der Waals surface area contributed by atoms with Gasteiger partial charge in [-0.05, 0) is 51.8 Å². The van der Waals surface area contributed by atoms with Crippen molar-refractivity contribution in [2.45, 2.75) is 11.3 Å². The zero-order valence-electron chi connectivity index (χ0n) is 10.7. The number of anilines is 1. The summed E-state index contributed by atoms with van der Waals surface area (Å²) in [6, 6.07) is 13.0. The molecule has 0 amide bonds. The molecule has 4 nitrogen and oxygen atoms in total. The van der Waals surface area contributed by atoms with Crippen molar-refractivity contribution >= 4 is 43.2 Å². The molecule has 0 heterocycles. The molecule has 0 unspecified atom stereocenters. The van der Waals surface area contributed by atoms with Crippen LogP contribution in [0.1, 0.15) is 5.56 Å². The Kier molecular flexibility index (Phi) is 4.88. The average molecular weight is 386 g/mol. The van der Waals surface area contributed by atoms with E-state index in [4.69, 9.17) is 16.9 Å². The second-order valence-corrected chi connectivity index (χ2v) is 7.16. The van der Waals surface area contributed by atoms with E-state index in [2.05, 4.69) is 20.7 Å². The van der Waals surface area contributed by atoms with Gasteiger partial charge in [-0.2, -0.15) is 5.26 Å². The molecule has 1 N–H and O–H groups in total. The number of hydrogen-bond acceptors (Lipinski definition) is 3. The smallest absolute Gasteiger partial charge is 0.261 e. The van der Waals surface area contributed by atoms with Gasteiger partial charge in [0.05, 0.1) is 28.1 Å². The second kappa shape index (κ2) is 6.48. The molecule has 0 bridgehead atoms. The molecule has 2 aromatic rings. The molecule has 0 fully saturated rings. The van der Waals surface area contributed by atoms with Crippen LogP contribution in [0.3, 0.4) is 0 Å². The lowest BCUT2D eigenvalue weighted by Crippen LogP contribution is -2.12. The van der Waals surface area contributed by atoms with Crippen molar-refractivity contribution in [2.24, 2.45) is 0 Å². The molecule has 2 aromatic carbocycles. The normalized spacial score (nSPS) is 10.9. The maximum Gasteiger partial charge on any atom is 0.261 e. The van der Waals surface area contributed by atoms with Crippen molar-refractivity contribution in [1.29, 1.82) is 5.26 Å². The topological polar surface area (TPSA) is 70.0 Å². The molecule has 0 aromatic heterocycles. The first-order valence-corrected chi connectivity index (χ1v) is 8.51. The first-order chi connectivity index (χ1) is 9.92. The lowest BCUT2D eigenvalue weighted by molar-refractivity contribution is 0.601. The SMILES string of the molecule is N#CCc1ccc(S(=O)(=O)Nc2ccc(Br)c(Cl)c2)cc1. The summed E-state index contributed by atoms with van der Waals surface area (Å²) in [6.45, 7) is 0. The molecule has 0 saturated heterocycles. The average Bonchev–Trinajstić information content (AvgIpc) is 2.44. The van der Waals surface area contributed by atoms with E-state index in [9.17, 15) is 8.42 Å². The van der Waals surface area contributed by atoms with E-state index in [0.29, 0.717) is 15.2 Å². The fourth-order valence-electron chi connectivity index (χ4n) is 1.65. The highest BCUT2D eigenvalue weighted by molar-refractivity contribution is 9.10. The minimum absolute atomic E-state index is 0.128.